The molecular weight excluding hydrogens is 306 g/mol. The second kappa shape index (κ2) is 7.79. The zero-order chi connectivity index (χ0) is 17.7. The van der Waals surface area contributed by atoms with Gasteiger partial charge in [-0.15, -0.1) is 0 Å². The number of nitrogens with zero attached hydrogens (tertiary/aromatic N) is 1. The first-order valence-corrected chi connectivity index (χ1v) is 7.74. The first kappa shape index (κ1) is 17.7. The van der Waals surface area contributed by atoms with Gasteiger partial charge in [0.25, 0.3) is 0 Å². The highest BCUT2D eigenvalue weighted by Crippen LogP contribution is 2.17. The van der Waals surface area contributed by atoms with Crippen LogP contribution in [0, 0.1) is 13.8 Å². The van der Waals surface area contributed by atoms with Gasteiger partial charge in [-0.1, -0.05) is 6.07 Å². The molecule has 1 aromatic carbocycles. The maximum atomic E-state index is 12.0. The number of furan rings is 1. The van der Waals surface area contributed by atoms with Gasteiger partial charge in [0.1, 0.15) is 5.76 Å². The molecule has 0 aliphatic carbocycles. The van der Waals surface area contributed by atoms with Crippen LogP contribution in [0.5, 0.6) is 0 Å². The van der Waals surface area contributed by atoms with Crippen molar-refractivity contribution in [3.05, 3.63) is 53.5 Å². The molecule has 2 rings (SSSR count). The Morgan fingerprint density at radius 3 is 2.46 bits per heavy atom. The van der Waals surface area contributed by atoms with Crippen LogP contribution >= 0.6 is 0 Å². The zero-order valence-electron chi connectivity index (χ0n) is 14.4. The lowest BCUT2D eigenvalue weighted by atomic mass is 10.1. The molecule has 6 heteroatoms. The third-order valence-electron chi connectivity index (χ3n) is 3.92. The number of amides is 2. The topological polar surface area (TPSA) is 74.6 Å². The molecule has 1 heterocycles. The fourth-order valence-corrected chi connectivity index (χ4v) is 2.30. The summed E-state index contributed by atoms with van der Waals surface area (Å²) < 4.78 is 5.38. The minimum absolute atomic E-state index is 0.140. The van der Waals surface area contributed by atoms with Gasteiger partial charge in [0.2, 0.25) is 0 Å². The van der Waals surface area contributed by atoms with E-state index in [4.69, 9.17) is 4.42 Å². The number of carbonyl (C=O) groups excluding carboxylic acids is 2. The van der Waals surface area contributed by atoms with Gasteiger partial charge in [-0.3, -0.25) is 14.5 Å². The largest absolute Gasteiger partial charge is 0.468 e. The van der Waals surface area contributed by atoms with Crippen molar-refractivity contribution in [3.63, 3.8) is 0 Å². The number of aryl methyl sites for hydroxylation is 2. The van der Waals surface area contributed by atoms with Crippen molar-refractivity contribution >= 4 is 17.5 Å². The first-order valence-electron chi connectivity index (χ1n) is 7.74. The van der Waals surface area contributed by atoms with E-state index in [1.54, 1.807) is 18.4 Å². The van der Waals surface area contributed by atoms with E-state index in [1.807, 2.05) is 51.0 Å². The highest BCUT2D eigenvalue weighted by Gasteiger charge is 2.20. The van der Waals surface area contributed by atoms with Crippen LogP contribution in [0.4, 0.5) is 5.69 Å². The molecule has 0 spiro atoms. The van der Waals surface area contributed by atoms with Crippen LogP contribution in [0.3, 0.4) is 0 Å². The summed E-state index contributed by atoms with van der Waals surface area (Å²) in [4.78, 5) is 26.0. The van der Waals surface area contributed by atoms with Gasteiger partial charge >= 0.3 is 11.8 Å². The second-order valence-corrected chi connectivity index (χ2v) is 5.96. The summed E-state index contributed by atoms with van der Waals surface area (Å²) in [5.74, 6) is -0.628. The van der Waals surface area contributed by atoms with E-state index in [1.165, 1.54) is 0 Å². The average Bonchev–Trinajstić information content (AvgIpc) is 3.04. The van der Waals surface area contributed by atoms with Gasteiger partial charge in [0.15, 0.2) is 0 Å². The summed E-state index contributed by atoms with van der Waals surface area (Å²) in [6, 6.07) is 9.01. The number of nitrogens with one attached hydrogen (secondary N) is 2. The van der Waals surface area contributed by atoms with Gasteiger partial charge in [-0.25, -0.2) is 0 Å². The summed E-state index contributed by atoms with van der Waals surface area (Å²) in [6.07, 6.45) is 1.58. The minimum atomic E-state index is -0.685. The van der Waals surface area contributed by atoms with Crippen LogP contribution in [0.15, 0.2) is 41.0 Å². The highest BCUT2D eigenvalue weighted by atomic mass is 16.3. The first-order chi connectivity index (χ1) is 11.4. The van der Waals surface area contributed by atoms with E-state index in [-0.39, 0.29) is 12.6 Å². The van der Waals surface area contributed by atoms with Crippen molar-refractivity contribution in [2.24, 2.45) is 0 Å². The van der Waals surface area contributed by atoms with Crippen molar-refractivity contribution in [2.75, 3.05) is 26.0 Å². The lowest BCUT2D eigenvalue weighted by Gasteiger charge is -2.22. The number of likely N-dealkylation sites (N-methyl/N-ethyl adjacent to an activating group) is 1. The molecule has 1 atom stereocenters. The molecule has 0 bridgehead atoms. The predicted octanol–water partition coefficient (Wildman–Crippen LogP) is 2.25. The Kier molecular flexibility index (Phi) is 5.76. The molecule has 2 aromatic rings. The fourth-order valence-electron chi connectivity index (χ4n) is 2.30. The van der Waals surface area contributed by atoms with Crippen molar-refractivity contribution in [3.8, 4) is 0 Å². The lowest BCUT2D eigenvalue weighted by molar-refractivity contribution is -0.136. The normalized spacial score (nSPS) is 12.0. The van der Waals surface area contributed by atoms with E-state index < -0.39 is 11.8 Å². The highest BCUT2D eigenvalue weighted by molar-refractivity contribution is 6.39. The van der Waals surface area contributed by atoms with Gasteiger partial charge in [0.05, 0.1) is 12.3 Å². The van der Waals surface area contributed by atoms with Crippen LogP contribution < -0.4 is 10.6 Å². The third kappa shape index (κ3) is 4.45. The zero-order valence-corrected chi connectivity index (χ0v) is 14.4. The quantitative estimate of drug-likeness (QED) is 0.825. The second-order valence-electron chi connectivity index (χ2n) is 5.96. The SMILES string of the molecule is Cc1ccc(NC(=O)C(=O)NCC(c2ccco2)N(C)C)cc1C. The molecule has 0 aliphatic rings. The molecule has 0 saturated carbocycles. The molecule has 0 aliphatic heterocycles. The molecule has 2 N–H and O–H groups in total. The Labute approximate surface area is 141 Å². The number of hydrogen-bond donors (Lipinski definition) is 2. The summed E-state index contributed by atoms with van der Waals surface area (Å²) in [5.41, 5.74) is 2.79. The van der Waals surface area contributed by atoms with E-state index >= 15 is 0 Å². The maximum Gasteiger partial charge on any atom is 0.313 e. The summed E-state index contributed by atoms with van der Waals surface area (Å²) >= 11 is 0. The number of anilines is 1. The van der Waals surface area contributed by atoms with E-state index in [0.29, 0.717) is 5.69 Å². The van der Waals surface area contributed by atoms with E-state index in [0.717, 1.165) is 16.9 Å². The van der Waals surface area contributed by atoms with Crippen LogP contribution in [0.25, 0.3) is 0 Å². The number of hydrogen-bond acceptors (Lipinski definition) is 4. The molecule has 2 amide bonds. The lowest BCUT2D eigenvalue weighted by Crippen LogP contribution is -2.40. The molecule has 24 heavy (non-hydrogen) atoms. The third-order valence-corrected chi connectivity index (χ3v) is 3.92. The maximum absolute atomic E-state index is 12.0. The van der Waals surface area contributed by atoms with Crippen molar-refractivity contribution < 1.29 is 14.0 Å². The van der Waals surface area contributed by atoms with Crippen molar-refractivity contribution in [2.45, 2.75) is 19.9 Å². The molecule has 1 unspecified atom stereocenters. The number of rotatable bonds is 5. The van der Waals surface area contributed by atoms with Crippen LogP contribution in [0.2, 0.25) is 0 Å². The summed E-state index contributed by atoms with van der Waals surface area (Å²) in [7, 11) is 3.77. The fraction of sp³-hybridized carbons (Fsp3) is 0.333. The average molecular weight is 329 g/mol. The van der Waals surface area contributed by atoms with Gasteiger partial charge in [0, 0.05) is 12.2 Å². The van der Waals surface area contributed by atoms with Gasteiger partial charge in [-0.2, -0.15) is 0 Å². The molecule has 1 aromatic heterocycles. The molecule has 0 fully saturated rings. The monoisotopic (exact) mass is 329 g/mol. The Hall–Kier alpha value is -2.60. The molecule has 128 valence electrons. The summed E-state index contributed by atoms with van der Waals surface area (Å²) in [6.45, 7) is 4.22. The molecule has 6 nitrogen and oxygen atoms in total. The van der Waals surface area contributed by atoms with E-state index in [2.05, 4.69) is 10.6 Å². The van der Waals surface area contributed by atoms with Crippen molar-refractivity contribution in [1.82, 2.24) is 10.2 Å². The van der Waals surface area contributed by atoms with Gasteiger partial charge < -0.3 is 15.1 Å². The molecule has 0 saturated heterocycles. The molecular formula is C18H23N3O3. The van der Waals surface area contributed by atoms with Crippen LogP contribution in [-0.4, -0.2) is 37.4 Å². The van der Waals surface area contributed by atoms with Crippen LogP contribution in [0.1, 0.15) is 22.9 Å². The Morgan fingerprint density at radius 2 is 1.88 bits per heavy atom. The molecule has 0 radical (unpaired) electrons. The predicted molar refractivity (Wildman–Crippen MR) is 92.7 cm³/mol. The number of carbonyl (C=O) groups is 2. The van der Waals surface area contributed by atoms with Gasteiger partial charge in [-0.05, 0) is 63.3 Å². The van der Waals surface area contributed by atoms with Crippen molar-refractivity contribution in [1.29, 1.82) is 0 Å². The summed E-state index contributed by atoms with van der Waals surface area (Å²) in [5, 5.41) is 5.26. The Balaban J connectivity index is 1.93. The Bertz CT molecular complexity index is 708. The Morgan fingerprint density at radius 1 is 1.12 bits per heavy atom. The minimum Gasteiger partial charge on any atom is -0.468 e. The smallest absolute Gasteiger partial charge is 0.313 e. The van der Waals surface area contributed by atoms with Crippen LogP contribution in [-0.2, 0) is 9.59 Å². The standard InChI is InChI=1S/C18H23N3O3/c1-12-7-8-14(10-13(12)2)20-18(23)17(22)19-11-15(21(3)4)16-6-5-9-24-16/h5-10,15H,11H2,1-4H3,(H,19,22)(H,20,23). The number of benzene rings is 1. The van der Waals surface area contributed by atoms with E-state index in [9.17, 15) is 9.59 Å².